The number of rotatable bonds is 8. The van der Waals surface area contributed by atoms with Crippen LogP contribution in [0.4, 0.5) is 22.7 Å². The fraction of sp³-hybridized carbons (Fsp3) is 0.151. The van der Waals surface area contributed by atoms with E-state index in [0.717, 1.165) is 59.1 Å². The van der Waals surface area contributed by atoms with Crippen molar-refractivity contribution < 1.29 is 4.57 Å². The maximum Gasteiger partial charge on any atom is 0.213 e. The lowest BCUT2D eigenvalue weighted by Gasteiger charge is -2.40. The van der Waals surface area contributed by atoms with Gasteiger partial charge in [-0.2, -0.15) is 4.57 Å². The zero-order valence-electron chi connectivity index (χ0n) is 32.9. The Bertz CT molecular complexity index is 2820. The van der Waals surface area contributed by atoms with E-state index < -0.39 is 0 Å². The predicted octanol–water partition coefficient (Wildman–Crippen LogP) is 13.5. The minimum Gasteiger partial charge on any atom is -0.340 e. The Morgan fingerprint density at radius 1 is 0.614 bits per heavy atom. The summed E-state index contributed by atoms with van der Waals surface area (Å²) in [5, 5.41) is 10.9. The van der Waals surface area contributed by atoms with Crippen molar-refractivity contribution in [3.05, 3.63) is 194 Å². The quantitative estimate of drug-likeness (QED) is 0.157. The number of aromatic nitrogens is 1. The molecule has 4 heteroatoms. The van der Waals surface area contributed by atoms with Gasteiger partial charge in [0.15, 0.2) is 11.7 Å². The normalized spacial score (nSPS) is 15.7. The van der Waals surface area contributed by atoms with E-state index in [1.54, 1.807) is 0 Å². The van der Waals surface area contributed by atoms with Crippen LogP contribution in [0.5, 0.6) is 0 Å². The van der Waals surface area contributed by atoms with Gasteiger partial charge in [0.2, 0.25) is 5.69 Å². The second-order valence-electron chi connectivity index (χ2n) is 15.6. The number of hydrogen-bond donors (Lipinski definition) is 1. The van der Waals surface area contributed by atoms with Crippen LogP contribution < -0.4 is 19.7 Å². The van der Waals surface area contributed by atoms with E-state index in [9.17, 15) is 0 Å². The molecule has 1 aromatic heterocycles. The lowest BCUT2D eigenvalue weighted by atomic mass is 9.69. The van der Waals surface area contributed by atoms with Crippen LogP contribution in [0.3, 0.4) is 0 Å². The van der Waals surface area contributed by atoms with Crippen LogP contribution in [0.2, 0.25) is 0 Å². The number of fused-ring (bicyclic) bond motifs is 6. The van der Waals surface area contributed by atoms with Gasteiger partial charge < -0.3 is 15.1 Å². The van der Waals surface area contributed by atoms with Gasteiger partial charge in [-0.05, 0) is 105 Å². The predicted molar refractivity (Wildman–Crippen MR) is 240 cm³/mol. The van der Waals surface area contributed by atoms with Crippen molar-refractivity contribution in [1.29, 1.82) is 0 Å². The molecule has 7 aromatic carbocycles. The van der Waals surface area contributed by atoms with Crippen molar-refractivity contribution in [3.63, 3.8) is 0 Å². The molecule has 2 aliphatic rings. The van der Waals surface area contributed by atoms with Crippen molar-refractivity contribution in [2.75, 3.05) is 9.80 Å². The maximum atomic E-state index is 4.47. The third-order valence-electron chi connectivity index (χ3n) is 12.8. The zero-order chi connectivity index (χ0) is 38.7. The molecule has 10 rings (SSSR count). The highest BCUT2D eigenvalue weighted by Crippen LogP contribution is 2.48. The number of nitrogens with zero attached hydrogens (tertiary/aromatic N) is 3. The van der Waals surface area contributed by atoms with Crippen molar-refractivity contribution >= 4 is 60.8 Å². The second kappa shape index (κ2) is 13.8. The largest absolute Gasteiger partial charge is 0.340 e. The molecule has 1 atom stereocenters. The number of anilines is 4. The fourth-order valence-electron chi connectivity index (χ4n) is 9.86. The minimum absolute atomic E-state index is 0.0771. The Balaban J connectivity index is 1.000. The highest BCUT2D eigenvalue weighted by atomic mass is 15.3. The van der Waals surface area contributed by atoms with Crippen LogP contribution in [-0.2, 0) is 5.54 Å². The Morgan fingerprint density at radius 2 is 1.18 bits per heavy atom. The molecule has 0 amide bonds. The molecule has 278 valence electrons. The summed E-state index contributed by atoms with van der Waals surface area (Å²) >= 11 is 0. The SMILES string of the molecule is C=C1NC(c2ccc3cc(N(c4ccc5ccccc5c4)c4ccc5ccccc5c4)ccc3c2)=CN1c1ccc2c(c1)-c1cccc[n+]1C(CC)(CC)C2CC. The van der Waals surface area contributed by atoms with Gasteiger partial charge >= 0.3 is 0 Å². The number of benzene rings is 7. The first-order chi connectivity index (χ1) is 28.0. The molecule has 0 bridgehead atoms. The van der Waals surface area contributed by atoms with Crippen LogP contribution in [0.15, 0.2) is 183 Å². The summed E-state index contributed by atoms with van der Waals surface area (Å²) in [5.41, 5.74) is 10.8. The topological polar surface area (TPSA) is 22.4 Å². The molecule has 0 saturated carbocycles. The van der Waals surface area contributed by atoms with Crippen molar-refractivity contribution in [2.45, 2.75) is 51.5 Å². The van der Waals surface area contributed by atoms with Gasteiger partial charge in [0.25, 0.3) is 0 Å². The molecule has 3 heterocycles. The van der Waals surface area contributed by atoms with E-state index in [4.69, 9.17) is 0 Å². The summed E-state index contributed by atoms with van der Waals surface area (Å²) in [6, 6.07) is 57.8. The van der Waals surface area contributed by atoms with Crippen LogP contribution in [0.25, 0.3) is 49.3 Å². The summed E-state index contributed by atoms with van der Waals surface area (Å²) in [4.78, 5) is 4.57. The summed E-state index contributed by atoms with van der Waals surface area (Å²) in [6.07, 6.45) is 7.80. The molecule has 0 aliphatic carbocycles. The van der Waals surface area contributed by atoms with E-state index in [-0.39, 0.29) is 5.54 Å². The Morgan fingerprint density at radius 3 is 1.81 bits per heavy atom. The van der Waals surface area contributed by atoms with Gasteiger partial charge in [-0.15, -0.1) is 0 Å². The smallest absolute Gasteiger partial charge is 0.213 e. The molecule has 1 unspecified atom stereocenters. The second-order valence-corrected chi connectivity index (χ2v) is 15.6. The van der Waals surface area contributed by atoms with Crippen LogP contribution in [0, 0.1) is 0 Å². The van der Waals surface area contributed by atoms with Gasteiger partial charge in [0.1, 0.15) is 5.82 Å². The number of nitrogens with one attached hydrogen (secondary N) is 1. The van der Waals surface area contributed by atoms with Crippen molar-refractivity contribution in [3.8, 4) is 11.3 Å². The van der Waals surface area contributed by atoms with Crippen LogP contribution in [0.1, 0.15) is 57.1 Å². The van der Waals surface area contributed by atoms with Gasteiger partial charge in [0, 0.05) is 65.4 Å². The van der Waals surface area contributed by atoms with E-state index >= 15 is 0 Å². The molecule has 0 radical (unpaired) electrons. The Labute approximate surface area is 335 Å². The molecule has 0 saturated heterocycles. The first-order valence-corrected chi connectivity index (χ1v) is 20.4. The van der Waals surface area contributed by atoms with E-state index in [1.807, 2.05) is 0 Å². The molecule has 4 nitrogen and oxygen atoms in total. The first-order valence-electron chi connectivity index (χ1n) is 20.4. The number of pyridine rings is 1. The third-order valence-corrected chi connectivity index (χ3v) is 12.8. The Kier molecular flexibility index (Phi) is 8.44. The molecular weight excluding hydrogens is 693 g/mol. The van der Waals surface area contributed by atoms with E-state index in [2.05, 4.69) is 217 Å². The maximum absolute atomic E-state index is 4.47. The average molecular weight is 740 g/mol. The fourth-order valence-corrected chi connectivity index (χ4v) is 9.86. The van der Waals surface area contributed by atoms with Crippen LogP contribution in [-0.4, -0.2) is 0 Å². The van der Waals surface area contributed by atoms with Gasteiger partial charge in [-0.1, -0.05) is 112 Å². The van der Waals surface area contributed by atoms with E-state index in [0.29, 0.717) is 5.92 Å². The lowest BCUT2D eigenvalue weighted by Crippen LogP contribution is -2.62. The van der Waals surface area contributed by atoms with E-state index in [1.165, 1.54) is 49.1 Å². The van der Waals surface area contributed by atoms with Crippen molar-refractivity contribution in [1.82, 2.24) is 5.32 Å². The van der Waals surface area contributed by atoms with Crippen LogP contribution >= 0.6 is 0 Å². The monoisotopic (exact) mass is 739 g/mol. The van der Waals surface area contributed by atoms with Gasteiger partial charge in [0.05, 0.1) is 11.3 Å². The molecule has 8 aromatic rings. The molecule has 57 heavy (non-hydrogen) atoms. The lowest BCUT2D eigenvalue weighted by molar-refractivity contribution is -0.762. The average Bonchev–Trinajstić information content (AvgIpc) is 3.66. The molecule has 0 fully saturated rings. The highest BCUT2D eigenvalue weighted by molar-refractivity contribution is 5.96. The summed E-state index contributed by atoms with van der Waals surface area (Å²) in [6.45, 7) is 11.5. The minimum atomic E-state index is 0.0771. The van der Waals surface area contributed by atoms with Gasteiger partial charge in [-0.25, -0.2) is 0 Å². The highest BCUT2D eigenvalue weighted by Gasteiger charge is 2.50. The van der Waals surface area contributed by atoms with Crippen molar-refractivity contribution in [2.24, 2.45) is 0 Å². The Hall–Kier alpha value is -6.65. The summed E-state index contributed by atoms with van der Waals surface area (Å²) < 4.78 is 2.56. The molecular formula is C53H47N4+. The molecule has 1 N–H and O–H groups in total. The molecule has 2 aliphatic heterocycles. The first kappa shape index (κ1) is 34.8. The van der Waals surface area contributed by atoms with Gasteiger partial charge in [-0.3, -0.25) is 0 Å². The molecule has 0 spiro atoms. The number of hydrogen-bond acceptors (Lipinski definition) is 3. The third kappa shape index (κ3) is 5.70. The summed E-state index contributed by atoms with van der Waals surface area (Å²) in [5.74, 6) is 1.30. The zero-order valence-corrected chi connectivity index (χ0v) is 32.9. The summed E-state index contributed by atoms with van der Waals surface area (Å²) in [7, 11) is 0. The standard InChI is InChI=1S/C53H47N4/c1-5-50-48-28-27-44(34-49(48)52-18-12-13-29-56(52)53(50,6-2)7-3)55-35-51(54-36(55)4)43-20-19-42-33-47(26-23-41(42)30-43)57(45-24-21-37-14-8-10-16-39(37)31-45)46-25-22-38-15-9-11-17-40(38)32-46/h8-35,50,54H,4-7H2,1-3H3/q+1.